The zero-order chi connectivity index (χ0) is 18.1. The Morgan fingerprint density at radius 3 is 2.67 bits per heavy atom. The van der Waals surface area contributed by atoms with E-state index in [0.717, 1.165) is 31.2 Å². The predicted octanol–water partition coefficient (Wildman–Crippen LogP) is 3.75. The highest BCUT2D eigenvalue weighted by atomic mass is 35.5. The SMILES string of the molecule is Cl.NC1(c2noc(-c3ccc(=O)n(Cc4ccccc4Cl)c3)n2)CCCC1. The zero-order valence-electron chi connectivity index (χ0n) is 14.6. The van der Waals surface area contributed by atoms with Crippen molar-refractivity contribution in [1.29, 1.82) is 0 Å². The fraction of sp³-hybridized carbons (Fsp3) is 0.316. The van der Waals surface area contributed by atoms with E-state index in [1.165, 1.54) is 6.07 Å². The second-order valence-corrected chi connectivity index (χ2v) is 7.17. The van der Waals surface area contributed by atoms with Crippen molar-refractivity contribution < 1.29 is 4.52 Å². The monoisotopic (exact) mass is 406 g/mol. The molecule has 2 aromatic heterocycles. The summed E-state index contributed by atoms with van der Waals surface area (Å²) in [5.74, 6) is 0.901. The number of nitrogens with zero attached hydrogens (tertiary/aromatic N) is 3. The zero-order valence-corrected chi connectivity index (χ0v) is 16.2. The number of rotatable bonds is 4. The van der Waals surface area contributed by atoms with Crippen LogP contribution < -0.4 is 11.3 Å². The van der Waals surface area contributed by atoms with Gasteiger partial charge in [0.2, 0.25) is 0 Å². The summed E-state index contributed by atoms with van der Waals surface area (Å²) in [6, 6.07) is 10.6. The van der Waals surface area contributed by atoms with Crippen LogP contribution in [0.15, 0.2) is 51.9 Å². The molecule has 142 valence electrons. The third kappa shape index (κ3) is 3.93. The average Bonchev–Trinajstić information content (AvgIpc) is 3.29. The molecule has 2 N–H and O–H groups in total. The first-order valence-electron chi connectivity index (χ1n) is 8.62. The molecule has 0 atom stereocenters. The van der Waals surface area contributed by atoms with Gasteiger partial charge in [-0.1, -0.05) is 47.8 Å². The van der Waals surface area contributed by atoms with Gasteiger partial charge >= 0.3 is 0 Å². The van der Waals surface area contributed by atoms with E-state index in [1.807, 2.05) is 18.2 Å². The van der Waals surface area contributed by atoms with Crippen LogP contribution in [0, 0.1) is 0 Å². The molecule has 0 saturated heterocycles. The molecule has 1 saturated carbocycles. The molecular formula is C19H20Cl2N4O2. The minimum absolute atomic E-state index is 0. The molecule has 0 spiro atoms. The third-order valence-electron chi connectivity index (χ3n) is 4.90. The number of benzene rings is 1. The standard InChI is InChI=1S/C19H19ClN4O2.ClH/c20-15-6-2-1-5-13(15)11-24-12-14(7-8-16(24)25)17-22-18(23-26-17)19(21)9-3-4-10-19;/h1-2,5-8,12H,3-4,9-11,21H2;1H. The first kappa shape index (κ1) is 19.6. The molecule has 6 nitrogen and oxygen atoms in total. The van der Waals surface area contributed by atoms with E-state index < -0.39 is 5.54 Å². The number of halogens is 2. The van der Waals surface area contributed by atoms with E-state index in [0.29, 0.717) is 28.8 Å². The quantitative estimate of drug-likeness (QED) is 0.712. The first-order chi connectivity index (χ1) is 12.5. The molecule has 0 bridgehead atoms. The first-order valence-corrected chi connectivity index (χ1v) is 9.00. The van der Waals surface area contributed by atoms with Crippen molar-refractivity contribution in [3.05, 3.63) is 69.4 Å². The van der Waals surface area contributed by atoms with Crippen molar-refractivity contribution >= 4 is 24.0 Å². The van der Waals surface area contributed by atoms with Gasteiger partial charge in [0.05, 0.1) is 17.6 Å². The maximum Gasteiger partial charge on any atom is 0.259 e. The second-order valence-electron chi connectivity index (χ2n) is 6.76. The highest BCUT2D eigenvalue weighted by Crippen LogP contribution is 2.35. The summed E-state index contributed by atoms with van der Waals surface area (Å²) in [5, 5.41) is 4.70. The molecule has 0 amide bonds. The highest BCUT2D eigenvalue weighted by molar-refractivity contribution is 6.31. The Morgan fingerprint density at radius 2 is 1.93 bits per heavy atom. The fourth-order valence-electron chi connectivity index (χ4n) is 3.36. The predicted molar refractivity (Wildman–Crippen MR) is 106 cm³/mol. The summed E-state index contributed by atoms with van der Waals surface area (Å²) in [7, 11) is 0. The molecule has 3 aromatic rings. The molecule has 0 unspecified atom stereocenters. The van der Waals surface area contributed by atoms with Gasteiger partial charge in [0.25, 0.3) is 11.4 Å². The van der Waals surface area contributed by atoms with Crippen molar-refractivity contribution in [3.63, 3.8) is 0 Å². The summed E-state index contributed by atoms with van der Waals surface area (Å²) in [6.07, 6.45) is 5.57. The van der Waals surface area contributed by atoms with Crippen LogP contribution in [0.5, 0.6) is 0 Å². The Bertz CT molecular complexity index is 993. The van der Waals surface area contributed by atoms with E-state index >= 15 is 0 Å². The smallest absolute Gasteiger partial charge is 0.259 e. The van der Waals surface area contributed by atoms with Crippen LogP contribution in [-0.4, -0.2) is 14.7 Å². The van der Waals surface area contributed by atoms with Gasteiger partial charge in [0.1, 0.15) is 0 Å². The summed E-state index contributed by atoms with van der Waals surface area (Å²) in [4.78, 5) is 16.7. The van der Waals surface area contributed by atoms with Crippen molar-refractivity contribution in [1.82, 2.24) is 14.7 Å². The molecule has 2 heterocycles. The Kier molecular flexibility index (Phi) is 5.69. The lowest BCUT2D eigenvalue weighted by Gasteiger charge is -2.17. The molecule has 8 heteroatoms. The average molecular weight is 407 g/mol. The summed E-state index contributed by atoms with van der Waals surface area (Å²) in [6.45, 7) is 0.369. The molecule has 1 aromatic carbocycles. The van der Waals surface area contributed by atoms with Gasteiger partial charge in [-0.05, 0) is 30.5 Å². The van der Waals surface area contributed by atoms with Gasteiger partial charge in [-0.25, -0.2) is 0 Å². The highest BCUT2D eigenvalue weighted by Gasteiger charge is 2.36. The second kappa shape index (κ2) is 7.84. The largest absolute Gasteiger partial charge is 0.334 e. The minimum atomic E-state index is -0.506. The minimum Gasteiger partial charge on any atom is -0.334 e. The lowest BCUT2D eigenvalue weighted by molar-refractivity contribution is 0.372. The molecule has 4 rings (SSSR count). The van der Waals surface area contributed by atoms with Gasteiger partial charge < -0.3 is 14.8 Å². The fourth-order valence-corrected chi connectivity index (χ4v) is 3.56. The Balaban J connectivity index is 0.00000210. The van der Waals surface area contributed by atoms with E-state index in [9.17, 15) is 4.79 Å². The number of pyridine rings is 1. The maximum atomic E-state index is 12.2. The van der Waals surface area contributed by atoms with Gasteiger partial charge in [0.15, 0.2) is 5.82 Å². The van der Waals surface area contributed by atoms with E-state index in [1.54, 1.807) is 22.9 Å². The molecule has 1 fully saturated rings. The number of hydrogen-bond acceptors (Lipinski definition) is 5. The molecule has 0 radical (unpaired) electrons. The Labute approximate surface area is 167 Å². The molecule has 0 aliphatic heterocycles. The number of hydrogen-bond donors (Lipinski definition) is 1. The van der Waals surface area contributed by atoms with E-state index in [-0.39, 0.29) is 18.0 Å². The third-order valence-corrected chi connectivity index (χ3v) is 5.26. The van der Waals surface area contributed by atoms with Crippen LogP contribution >= 0.6 is 24.0 Å². The Hall–Kier alpha value is -2.15. The topological polar surface area (TPSA) is 86.9 Å². The van der Waals surface area contributed by atoms with Crippen molar-refractivity contribution in [3.8, 4) is 11.5 Å². The summed E-state index contributed by atoms with van der Waals surface area (Å²) in [5.41, 5.74) is 7.30. The Morgan fingerprint density at radius 1 is 1.19 bits per heavy atom. The summed E-state index contributed by atoms with van der Waals surface area (Å²) < 4.78 is 6.99. The molecule has 1 aliphatic rings. The van der Waals surface area contributed by atoms with Crippen LogP contribution in [0.4, 0.5) is 0 Å². The number of nitrogens with two attached hydrogens (primary N) is 1. The van der Waals surface area contributed by atoms with Crippen molar-refractivity contribution in [2.24, 2.45) is 5.73 Å². The molecular weight excluding hydrogens is 387 g/mol. The van der Waals surface area contributed by atoms with Crippen molar-refractivity contribution in [2.75, 3.05) is 0 Å². The molecule has 1 aliphatic carbocycles. The van der Waals surface area contributed by atoms with Crippen LogP contribution in [0.25, 0.3) is 11.5 Å². The van der Waals surface area contributed by atoms with E-state index in [4.69, 9.17) is 21.9 Å². The van der Waals surface area contributed by atoms with Crippen molar-refractivity contribution in [2.45, 2.75) is 37.8 Å². The molecule has 27 heavy (non-hydrogen) atoms. The lowest BCUT2D eigenvalue weighted by Crippen LogP contribution is -2.34. The van der Waals surface area contributed by atoms with Crippen LogP contribution in [0.2, 0.25) is 5.02 Å². The normalized spacial score (nSPS) is 15.5. The van der Waals surface area contributed by atoms with Crippen LogP contribution in [0.1, 0.15) is 37.1 Å². The number of aromatic nitrogens is 3. The van der Waals surface area contributed by atoms with Gasteiger partial charge in [-0.3, -0.25) is 4.79 Å². The van der Waals surface area contributed by atoms with Gasteiger partial charge in [-0.15, -0.1) is 12.4 Å². The van der Waals surface area contributed by atoms with Crippen LogP contribution in [-0.2, 0) is 12.1 Å². The lowest BCUT2D eigenvalue weighted by atomic mass is 9.99. The van der Waals surface area contributed by atoms with Gasteiger partial charge in [-0.2, -0.15) is 4.98 Å². The summed E-state index contributed by atoms with van der Waals surface area (Å²) >= 11 is 6.20. The van der Waals surface area contributed by atoms with Crippen LogP contribution in [0.3, 0.4) is 0 Å². The van der Waals surface area contributed by atoms with E-state index in [2.05, 4.69) is 10.1 Å². The maximum absolute atomic E-state index is 12.2. The van der Waals surface area contributed by atoms with Gasteiger partial charge in [0, 0.05) is 17.3 Å².